The van der Waals surface area contributed by atoms with Gasteiger partial charge in [-0.05, 0) is 0 Å². The van der Waals surface area contributed by atoms with E-state index in [1.165, 1.54) is 0 Å². The number of rotatable bonds is 2. The summed E-state index contributed by atoms with van der Waals surface area (Å²) in [5.41, 5.74) is -0.118. The SMILES string of the molecule is CC(C)(C)c1cc(NC2COC2)nc(C(F)(F)F)n1. The third kappa shape index (κ3) is 3.34. The molecule has 1 aromatic rings. The quantitative estimate of drug-likeness (QED) is 0.901. The summed E-state index contributed by atoms with van der Waals surface area (Å²) in [5, 5.41) is 2.93. The van der Waals surface area contributed by atoms with E-state index in [0.29, 0.717) is 18.9 Å². The summed E-state index contributed by atoms with van der Waals surface area (Å²) in [6.07, 6.45) is -4.55. The topological polar surface area (TPSA) is 47.0 Å². The van der Waals surface area contributed by atoms with E-state index < -0.39 is 17.4 Å². The minimum atomic E-state index is -4.55. The van der Waals surface area contributed by atoms with E-state index in [1.54, 1.807) is 6.07 Å². The molecule has 1 aliphatic heterocycles. The lowest BCUT2D eigenvalue weighted by atomic mass is 9.92. The van der Waals surface area contributed by atoms with Crippen LogP contribution < -0.4 is 5.32 Å². The van der Waals surface area contributed by atoms with Gasteiger partial charge in [0, 0.05) is 11.5 Å². The average molecular weight is 275 g/mol. The van der Waals surface area contributed by atoms with Gasteiger partial charge in [-0.25, -0.2) is 9.97 Å². The highest BCUT2D eigenvalue weighted by Crippen LogP contribution is 2.30. The van der Waals surface area contributed by atoms with E-state index >= 15 is 0 Å². The van der Waals surface area contributed by atoms with Gasteiger partial charge < -0.3 is 10.1 Å². The highest BCUT2D eigenvalue weighted by molar-refractivity contribution is 5.40. The number of aromatic nitrogens is 2. The molecule has 19 heavy (non-hydrogen) atoms. The van der Waals surface area contributed by atoms with Crippen LogP contribution in [0.3, 0.4) is 0 Å². The number of halogens is 3. The summed E-state index contributed by atoms with van der Waals surface area (Å²) >= 11 is 0. The Hall–Kier alpha value is -1.37. The van der Waals surface area contributed by atoms with E-state index in [0.717, 1.165) is 0 Å². The van der Waals surface area contributed by atoms with Crippen molar-refractivity contribution in [1.29, 1.82) is 0 Å². The fourth-order valence-corrected chi connectivity index (χ4v) is 1.56. The van der Waals surface area contributed by atoms with Crippen LogP contribution in [0.2, 0.25) is 0 Å². The maximum Gasteiger partial charge on any atom is 0.451 e. The number of hydrogen-bond donors (Lipinski definition) is 1. The minimum absolute atomic E-state index is 0.0174. The second-order valence-electron chi connectivity index (χ2n) is 5.59. The van der Waals surface area contributed by atoms with Gasteiger partial charge in [0.05, 0.1) is 24.9 Å². The smallest absolute Gasteiger partial charge is 0.377 e. The molecule has 1 saturated heterocycles. The molecule has 0 amide bonds. The number of nitrogens with one attached hydrogen (secondary N) is 1. The molecule has 2 rings (SSSR count). The van der Waals surface area contributed by atoms with Crippen LogP contribution in [0.1, 0.15) is 32.3 Å². The van der Waals surface area contributed by atoms with E-state index in [2.05, 4.69) is 15.3 Å². The molecular formula is C12H16F3N3O. The minimum Gasteiger partial charge on any atom is -0.377 e. The summed E-state index contributed by atoms with van der Waals surface area (Å²) < 4.78 is 43.3. The average Bonchev–Trinajstić information content (AvgIpc) is 2.21. The molecule has 0 atom stereocenters. The number of hydrogen-bond acceptors (Lipinski definition) is 4. The number of ether oxygens (including phenoxy) is 1. The third-order valence-corrected chi connectivity index (χ3v) is 2.74. The van der Waals surface area contributed by atoms with Crippen LogP contribution in [0.15, 0.2) is 6.07 Å². The van der Waals surface area contributed by atoms with Crippen molar-refractivity contribution >= 4 is 5.82 Å². The van der Waals surface area contributed by atoms with Gasteiger partial charge in [-0.15, -0.1) is 0 Å². The first-order valence-corrected chi connectivity index (χ1v) is 5.97. The molecule has 0 spiro atoms. The van der Waals surface area contributed by atoms with E-state index in [-0.39, 0.29) is 11.9 Å². The van der Waals surface area contributed by atoms with Crippen molar-refractivity contribution in [3.8, 4) is 0 Å². The highest BCUT2D eigenvalue weighted by atomic mass is 19.4. The van der Waals surface area contributed by atoms with Crippen LogP contribution in [-0.2, 0) is 16.3 Å². The van der Waals surface area contributed by atoms with Crippen LogP contribution in [0.4, 0.5) is 19.0 Å². The molecule has 0 saturated carbocycles. The van der Waals surface area contributed by atoms with Crippen molar-refractivity contribution in [2.75, 3.05) is 18.5 Å². The van der Waals surface area contributed by atoms with Crippen molar-refractivity contribution in [2.45, 2.75) is 38.4 Å². The fourth-order valence-electron chi connectivity index (χ4n) is 1.56. The van der Waals surface area contributed by atoms with E-state index in [4.69, 9.17) is 4.74 Å². The van der Waals surface area contributed by atoms with Crippen LogP contribution in [0.25, 0.3) is 0 Å². The molecule has 7 heteroatoms. The van der Waals surface area contributed by atoms with Gasteiger partial charge in [-0.1, -0.05) is 20.8 Å². The predicted molar refractivity (Wildman–Crippen MR) is 64.0 cm³/mol. The van der Waals surface area contributed by atoms with E-state index in [9.17, 15) is 13.2 Å². The molecule has 1 aromatic heterocycles. The molecule has 1 fully saturated rings. The lowest BCUT2D eigenvalue weighted by Crippen LogP contribution is -2.40. The Morgan fingerprint density at radius 1 is 1.21 bits per heavy atom. The number of anilines is 1. The first-order chi connectivity index (χ1) is 8.66. The largest absolute Gasteiger partial charge is 0.451 e. The van der Waals surface area contributed by atoms with E-state index in [1.807, 2.05) is 20.8 Å². The molecule has 0 bridgehead atoms. The van der Waals surface area contributed by atoms with Crippen LogP contribution in [0.5, 0.6) is 0 Å². The summed E-state index contributed by atoms with van der Waals surface area (Å²) in [4.78, 5) is 7.16. The normalized spacial score (nSPS) is 17.2. The number of alkyl halides is 3. The molecular weight excluding hydrogens is 259 g/mol. The maximum absolute atomic E-state index is 12.8. The first kappa shape index (κ1) is 14.0. The molecule has 0 unspecified atom stereocenters. The van der Waals surface area contributed by atoms with Crippen molar-refractivity contribution in [3.63, 3.8) is 0 Å². The van der Waals surface area contributed by atoms with Gasteiger partial charge in [0.2, 0.25) is 5.82 Å². The van der Waals surface area contributed by atoms with Gasteiger partial charge >= 0.3 is 6.18 Å². The summed E-state index contributed by atoms with van der Waals surface area (Å²) in [6, 6.07) is 1.58. The third-order valence-electron chi connectivity index (χ3n) is 2.74. The Bertz CT molecular complexity index is 432. The Morgan fingerprint density at radius 2 is 1.84 bits per heavy atom. The molecule has 1 aliphatic rings. The van der Waals surface area contributed by atoms with Gasteiger partial charge in [-0.2, -0.15) is 13.2 Å². The molecule has 106 valence electrons. The Kier molecular flexibility index (Phi) is 3.42. The van der Waals surface area contributed by atoms with Crippen molar-refractivity contribution in [1.82, 2.24) is 9.97 Å². The summed E-state index contributed by atoms with van der Waals surface area (Å²) in [6.45, 7) is 6.40. The zero-order chi connectivity index (χ0) is 14.3. The maximum atomic E-state index is 12.8. The second-order valence-corrected chi connectivity index (χ2v) is 5.59. The van der Waals surface area contributed by atoms with Gasteiger partial charge in [-0.3, -0.25) is 0 Å². The standard InChI is InChI=1S/C12H16F3N3O/c1-11(2,3)8-4-9(16-7-5-19-6-7)18-10(17-8)12(13,14)15/h4,7H,5-6H2,1-3H3,(H,16,17,18). The van der Waals surface area contributed by atoms with Gasteiger partial charge in [0.25, 0.3) is 0 Å². The fraction of sp³-hybridized carbons (Fsp3) is 0.667. The molecule has 1 N–H and O–H groups in total. The van der Waals surface area contributed by atoms with Crippen LogP contribution in [0, 0.1) is 0 Å². The molecule has 4 nitrogen and oxygen atoms in total. The lowest BCUT2D eigenvalue weighted by molar-refractivity contribution is -0.145. The first-order valence-electron chi connectivity index (χ1n) is 5.97. The van der Waals surface area contributed by atoms with Crippen molar-refractivity contribution in [3.05, 3.63) is 17.6 Å². The molecule has 2 heterocycles. The lowest BCUT2D eigenvalue weighted by Gasteiger charge is -2.28. The highest BCUT2D eigenvalue weighted by Gasteiger charge is 2.36. The van der Waals surface area contributed by atoms with Crippen molar-refractivity contribution in [2.24, 2.45) is 0 Å². The Balaban J connectivity index is 2.36. The summed E-state index contributed by atoms with van der Waals surface area (Å²) in [5.74, 6) is -0.914. The Labute approximate surface area is 109 Å². The molecule has 0 aliphatic carbocycles. The Morgan fingerprint density at radius 3 is 2.26 bits per heavy atom. The summed E-state index contributed by atoms with van der Waals surface area (Å²) in [7, 11) is 0. The predicted octanol–water partition coefficient (Wildman–Crippen LogP) is 2.60. The van der Waals surface area contributed by atoms with Crippen LogP contribution in [-0.4, -0.2) is 29.2 Å². The van der Waals surface area contributed by atoms with Crippen LogP contribution >= 0.6 is 0 Å². The molecule has 0 radical (unpaired) electrons. The monoisotopic (exact) mass is 275 g/mol. The van der Waals surface area contributed by atoms with Gasteiger partial charge in [0.1, 0.15) is 5.82 Å². The molecule has 0 aromatic carbocycles. The number of nitrogens with zero attached hydrogens (tertiary/aromatic N) is 2. The zero-order valence-corrected chi connectivity index (χ0v) is 11.0. The second kappa shape index (κ2) is 4.63. The zero-order valence-electron chi connectivity index (χ0n) is 11.0. The van der Waals surface area contributed by atoms with Gasteiger partial charge in [0.15, 0.2) is 0 Å². The van der Waals surface area contributed by atoms with Crippen molar-refractivity contribution < 1.29 is 17.9 Å².